The zero-order chi connectivity index (χ0) is 20.2. The van der Waals surface area contributed by atoms with Crippen LogP contribution >= 0.6 is 11.3 Å². The highest BCUT2D eigenvalue weighted by Crippen LogP contribution is 2.21. The Balaban J connectivity index is 1.39. The minimum Gasteiger partial charge on any atom is -0.494 e. The van der Waals surface area contributed by atoms with Crippen LogP contribution in [0.4, 0.5) is 4.39 Å². The standard InChI is InChI=1S/C21H19FN4O2S/c1-2-28-18-9-5-15(6-10-18)20(27)23-12-11-17-13-29-21-24-19(25-26(17)21)14-3-7-16(22)8-4-14/h3-10,13H,2,11-12H2,1H3,(H,23,27). The lowest BCUT2D eigenvalue weighted by atomic mass is 10.2. The van der Waals surface area contributed by atoms with E-state index in [0.717, 1.165) is 22.0 Å². The molecule has 0 aliphatic rings. The van der Waals surface area contributed by atoms with Crippen LogP contribution in [0.5, 0.6) is 5.75 Å². The lowest BCUT2D eigenvalue weighted by molar-refractivity contribution is 0.0954. The number of amides is 1. The van der Waals surface area contributed by atoms with E-state index in [1.807, 2.05) is 12.3 Å². The number of thiazole rings is 1. The highest BCUT2D eigenvalue weighted by molar-refractivity contribution is 7.15. The molecule has 2 aromatic heterocycles. The average Bonchev–Trinajstić information content (AvgIpc) is 3.31. The molecule has 0 aliphatic heterocycles. The predicted molar refractivity (Wildman–Crippen MR) is 110 cm³/mol. The van der Waals surface area contributed by atoms with E-state index in [1.165, 1.54) is 23.5 Å². The molecule has 0 bridgehead atoms. The van der Waals surface area contributed by atoms with Crippen molar-refractivity contribution < 1.29 is 13.9 Å². The first kappa shape index (κ1) is 19.1. The summed E-state index contributed by atoms with van der Waals surface area (Å²) in [6.07, 6.45) is 0.620. The smallest absolute Gasteiger partial charge is 0.251 e. The van der Waals surface area contributed by atoms with Gasteiger partial charge in [-0.15, -0.1) is 16.4 Å². The first-order valence-corrected chi connectivity index (χ1v) is 10.1. The van der Waals surface area contributed by atoms with E-state index in [0.29, 0.717) is 31.0 Å². The van der Waals surface area contributed by atoms with Crippen molar-refractivity contribution in [2.75, 3.05) is 13.2 Å². The van der Waals surface area contributed by atoms with Crippen molar-refractivity contribution in [3.8, 4) is 17.1 Å². The van der Waals surface area contributed by atoms with Crippen LogP contribution < -0.4 is 10.1 Å². The van der Waals surface area contributed by atoms with Gasteiger partial charge in [-0.25, -0.2) is 8.91 Å². The van der Waals surface area contributed by atoms with Crippen LogP contribution in [-0.2, 0) is 6.42 Å². The fourth-order valence-electron chi connectivity index (χ4n) is 2.89. The maximum absolute atomic E-state index is 13.1. The van der Waals surface area contributed by atoms with Gasteiger partial charge in [-0.3, -0.25) is 4.79 Å². The fraction of sp³-hybridized carbons (Fsp3) is 0.190. The molecule has 4 aromatic rings. The summed E-state index contributed by atoms with van der Waals surface area (Å²) in [5.41, 5.74) is 2.30. The highest BCUT2D eigenvalue weighted by Gasteiger charge is 2.12. The molecule has 0 saturated carbocycles. The summed E-state index contributed by atoms with van der Waals surface area (Å²) in [5.74, 6) is 0.869. The van der Waals surface area contributed by atoms with Gasteiger partial charge in [-0.2, -0.15) is 4.98 Å². The number of benzene rings is 2. The van der Waals surface area contributed by atoms with Crippen molar-refractivity contribution in [1.82, 2.24) is 19.9 Å². The number of rotatable bonds is 7. The summed E-state index contributed by atoms with van der Waals surface area (Å²) in [6, 6.07) is 13.2. The minimum atomic E-state index is -0.293. The Labute approximate surface area is 171 Å². The van der Waals surface area contributed by atoms with Crippen LogP contribution in [0.25, 0.3) is 16.3 Å². The molecule has 1 amide bonds. The Bertz CT molecular complexity index is 1120. The number of hydrogen-bond acceptors (Lipinski definition) is 5. The van der Waals surface area contributed by atoms with Gasteiger partial charge in [0.1, 0.15) is 11.6 Å². The largest absolute Gasteiger partial charge is 0.494 e. The van der Waals surface area contributed by atoms with Crippen LogP contribution in [0.15, 0.2) is 53.9 Å². The molecule has 1 N–H and O–H groups in total. The second-order valence-electron chi connectivity index (χ2n) is 6.33. The Morgan fingerprint density at radius 2 is 1.93 bits per heavy atom. The van der Waals surface area contributed by atoms with Gasteiger partial charge in [0.15, 0.2) is 5.82 Å². The SMILES string of the molecule is CCOc1ccc(C(=O)NCCc2csc3nc(-c4ccc(F)cc4)nn23)cc1. The van der Waals surface area contributed by atoms with Crippen LogP contribution in [0.1, 0.15) is 23.0 Å². The molecule has 0 radical (unpaired) electrons. The molecule has 0 fully saturated rings. The summed E-state index contributed by atoms with van der Waals surface area (Å²) >= 11 is 1.48. The molecule has 2 heterocycles. The Morgan fingerprint density at radius 3 is 2.66 bits per heavy atom. The van der Waals surface area contributed by atoms with Gasteiger partial charge < -0.3 is 10.1 Å². The number of halogens is 1. The highest BCUT2D eigenvalue weighted by atomic mass is 32.1. The Kier molecular flexibility index (Phi) is 5.53. The van der Waals surface area contributed by atoms with Gasteiger partial charge in [0, 0.05) is 29.5 Å². The lowest BCUT2D eigenvalue weighted by Crippen LogP contribution is -2.25. The van der Waals surface area contributed by atoms with Crippen molar-refractivity contribution >= 4 is 22.2 Å². The van der Waals surface area contributed by atoms with Crippen LogP contribution in [-0.4, -0.2) is 33.7 Å². The molecule has 0 atom stereocenters. The summed E-state index contributed by atoms with van der Waals surface area (Å²) < 4.78 is 20.3. The quantitative estimate of drug-likeness (QED) is 0.501. The molecule has 4 rings (SSSR count). The maximum Gasteiger partial charge on any atom is 0.251 e. The lowest BCUT2D eigenvalue weighted by Gasteiger charge is -2.06. The summed E-state index contributed by atoms with van der Waals surface area (Å²) in [5, 5.41) is 9.42. The van der Waals surface area contributed by atoms with Gasteiger partial charge in [0.05, 0.1) is 12.3 Å². The van der Waals surface area contributed by atoms with Gasteiger partial charge in [-0.05, 0) is 55.5 Å². The number of aromatic nitrogens is 3. The number of carbonyl (C=O) groups excluding carboxylic acids is 1. The molecule has 0 unspecified atom stereocenters. The second kappa shape index (κ2) is 8.40. The summed E-state index contributed by atoms with van der Waals surface area (Å²) in [6.45, 7) is 2.98. The van der Waals surface area contributed by atoms with Gasteiger partial charge in [0.2, 0.25) is 4.96 Å². The molecule has 8 heteroatoms. The van der Waals surface area contributed by atoms with E-state index in [1.54, 1.807) is 40.9 Å². The molecule has 0 spiro atoms. The minimum absolute atomic E-state index is 0.134. The third kappa shape index (κ3) is 4.27. The van der Waals surface area contributed by atoms with Crippen LogP contribution in [0.3, 0.4) is 0 Å². The van der Waals surface area contributed by atoms with E-state index in [4.69, 9.17) is 4.74 Å². The molecular formula is C21H19FN4O2S. The fourth-order valence-corrected chi connectivity index (χ4v) is 3.75. The van der Waals surface area contributed by atoms with E-state index in [2.05, 4.69) is 15.4 Å². The number of carbonyl (C=O) groups is 1. The van der Waals surface area contributed by atoms with Crippen molar-refractivity contribution in [3.63, 3.8) is 0 Å². The summed E-state index contributed by atoms with van der Waals surface area (Å²) in [4.78, 5) is 17.6. The number of nitrogens with one attached hydrogen (secondary N) is 1. The predicted octanol–water partition coefficient (Wildman–Crippen LogP) is 3.97. The van der Waals surface area contributed by atoms with E-state index in [-0.39, 0.29) is 11.7 Å². The number of nitrogens with zero attached hydrogens (tertiary/aromatic N) is 3. The Morgan fingerprint density at radius 1 is 1.17 bits per heavy atom. The molecule has 29 heavy (non-hydrogen) atoms. The molecule has 148 valence electrons. The molecule has 2 aromatic carbocycles. The third-order valence-electron chi connectivity index (χ3n) is 4.35. The monoisotopic (exact) mass is 410 g/mol. The van der Waals surface area contributed by atoms with Crippen molar-refractivity contribution in [2.45, 2.75) is 13.3 Å². The molecule has 6 nitrogen and oxygen atoms in total. The maximum atomic E-state index is 13.1. The van der Waals surface area contributed by atoms with E-state index >= 15 is 0 Å². The van der Waals surface area contributed by atoms with Crippen molar-refractivity contribution in [3.05, 3.63) is 71.0 Å². The zero-order valence-corrected chi connectivity index (χ0v) is 16.6. The average molecular weight is 410 g/mol. The first-order chi connectivity index (χ1) is 14.1. The molecular weight excluding hydrogens is 391 g/mol. The van der Waals surface area contributed by atoms with Crippen LogP contribution in [0, 0.1) is 5.82 Å². The normalized spacial score (nSPS) is 11.0. The number of fused-ring (bicyclic) bond motifs is 1. The number of hydrogen-bond donors (Lipinski definition) is 1. The number of ether oxygens (including phenoxy) is 1. The molecule has 0 saturated heterocycles. The first-order valence-electron chi connectivity index (χ1n) is 9.24. The van der Waals surface area contributed by atoms with Gasteiger partial charge in [-0.1, -0.05) is 0 Å². The van der Waals surface area contributed by atoms with Crippen molar-refractivity contribution in [1.29, 1.82) is 0 Å². The van der Waals surface area contributed by atoms with Gasteiger partial charge in [0.25, 0.3) is 5.91 Å². The third-order valence-corrected chi connectivity index (χ3v) is 5.21. The van der Waals surface area contributed by atoms with E-state index in [9.17, 15) is 9.18 Å². The van der Waals surface area contributed by atoms with Gasteiger partial charge >= 0.3 is 0 Å². The second-order valence-corrected chi connectivity index (χ2v) is 7.16. The molecule has 0 aliphatic carbocycles. The van der Waals surface area contributed by atoms with E-state index < -0.39 is 0 Å². The topological polar surface area (TPSA) is 68.5 Å². The van der Waals surface area contributed by atoms with Crippen LogP contribution in [0.2, 0.25) is 0 Å². The Hall–Kier alpha value is -3.26. The zero-order valence-electron chi connectivity index (χ0n) is 15.8. The van der Waals surface area contributed by atoms with Crippen molar-refractivity contribution in [2.24, 2.45) is 0 Å². The summed E-state index contributed by atoms with van der Waals surface area (Å²) in [7, 11) is 0.